The van der Waals surface area contributed by atoms with Gasteiger partial charge in [-0.1, -0.05) is 6.92 Å². The molecule has 0 radical (unpaired) electrons. The van der Waals surface area contributed by atoms with Gasteiger partial charge in [0.15, 0.2) is 5.58 Å². The molecule has 0 aliphatic rings. The monoisotopic (exact) mass is 311 g/mol. The van der Waals surface area contributed by atoms with E-state index in [-0.39, 0.29) is 5.91 Å². The number of carbonyl (C=O) groups excluding carboxylic acids is 1. The summed E-state index contributed by atoms with van der Waals surface area (Å²) in [6.45, 7) is 3.87. The number of hydrogen-bond donors (Lipinski definition) is 1. The molecular formula is C17H17N3O3. The van der Waals surface area contributed by atoms with Gasteiger partial charge in [-0.25, -0.2) is 4.98 Å². The predicted octanol–water partition coefficient (Wildman–Crippen LogP) is 3.35. The number of anilines is 1. The van der Waals surface area contributed by atoms with Gasteiger partial charge in [-0.2, -0.15) is 0 Å². The van der Waals surface area contributed by atoms with Crippen LogP contribution in [-0.2, 0) is 6.42 Å². The molecule has 0 saturated heterocycles. The summed E-state index contributed by atoms with van der Waals surface area (Å²) < 4.78 is 10.9. The predicted molar refractivity (Wildman–Crippen MR) is 86.9 cm³/mol. The summed E-state index contributed by atoms with van der Waals surface area (Å²) in [7, 11) is 1.52. The number of furan rings is 1. The summed E-state index contributed by atoms with van der Waals surface area (Å²) in [5, 5.41) is 3.57. The van der Waals surface area contributed by atoms with E-state index in [9.17, 15) is 4.79 Å². The number of carbonyl (C=O) groups is 1. The molecule has 0 aromatic carbocycles. The Morgan fingerprint density at radius 3 is 2.91 bits per heavy atom. The van der Waals surface area contributed by atoms with Gasteiger partial charge < -0.3 is 14.5 Å². The Balaban J connectivity index is 2.04. The molecule has 0 bridgehead atoms. The van der Waals surface area contributed by atoms with Crippen LogP contribution in [0.1, 0.15) is 28.6 Å². The van der Waals surface area contributed by atoms with Gasteiger partial charge in [0, 0.05) is 36.1 Å². The van der Waals surface area contributed by atoms with Crippen molar-refractivity contribution in [3.05, 3.63) is 47.6 Å². The number of fused-ring (bicyclic) bond motifs is 1. The van der Waals surface area contributed by atoms with Gasteiger partial charge in [-0.05, 0) is 24.6 Å². The second-order valence-electron chi connectivity index (χ2n) is 5.13. The number of aromatic nitrogens is 2. The number of hydrogen-bond acceptors (Lipinski definition) is 5. The Labute approximate surface area is 133 Å². The molecule has 3 aromatic rings. The third-order valence-electron chi connectivity index (χ3n) is 3.63. The molecular weight excluding hydrogens is 294 g/mol. The zero-order valence-corrected chi connectivity index (χ0v) is 13.2. The van der Waals surface area contributed by atoms with Crippen LogP contribution in [-0.4, -0.2) is 23.0 Å². The molecule has 3 rings (SSSR count). The molecule has 1 N–H and O–H groups in total. The van der Waals surface area contributed by atoms with Crippen LogP contribution >= 0.6 is 0 Å². The summed E-state index contributed by atoms with van der Waals surface area (Å²) in [6, 6.07) is 3.61. The van der Waals surface area contributed by atoms with Crippen LogP contribution in [0.15, 0.2) is 35.1 Å². The topological polar surface area (TPSA) is 77.2 Å². The number of pyridine rings is 2. The summed E-state index contributed by atoms with van der Waals surface area (Å²) in [5.41, 5.74) is 2.54. The van der Waals surface area contributed by atoms with E-state index in [1.54, 1.807) is 18.5 Å². The smallest absolute Gasteiger partial charge is 0.258 e. The van der Waals surface area contributed by atoms with Crippen molar-refractivity contribution < 1.29 is 13.9 Å². The molecule has 118 valence electrons. The number of aryl methyl sites for hydroxylation is 2. The number of rotatable bonds is 4. The number of nitrogens with zero attached hydrogens (tertiary/aromatic N) is 2. The van der Waals surface area contributed by atoms with Crippen LogP contribution in [0.2, 0.25) is 0 Å². The van der Waals surface area contributed by atoms with E-state index in [2.05, 4.69) is 15.3 Å². The minimum absolute atomic E-state index is 0.247. The summed E-state index contributed by atoms with van der Waals surface area (Å²) in [4.78, 5) is 20.8. The number of ether oxygens (including phenoxy) is 1. The van der Waals surface area contributed by atoms with Crippen molar-refractivity contribution in [3.63, 3.8) is 0 Å². The van der Waals surface area contributed by atoms with Crippen LogP contribution in [0.25, 0.3) is 11.0 Å². The highest BCUT2D eigenvalue weighted by Gasteiger charge is 2.18. The molecule has 3 aromatic heterocycles. The molecule has 1 amide bonds. The molecule has 0 unspecified atom stereocenters. The average molecular weight is 311 g/mol. The first-order valence-corrected chi connectivity index (χ1v) is 7.31. The average Bonchev–Trinajstić information content (AvgIpc) is 3.00. The van der Waals surface area contributed by atoms with E-state index in [1.807, 2.05) is 19.9 Å². The maximum Gasteiger partial charge on any atom is 0.258 e. The maximum atomic E-state index is 12.6. The van der Waals surface area contributed by atoms with Crippen LogP contribution in [0, 0.1) is 6.92 Å². The molecule has 0 atom stereocenters. The molecule has 0 saturated carbocycles. The lowest BCUT2D eigenvalue weighted by Gasteiger charge is -2.08. The molecule has 0 spiro atoms. The van der Waals surface area contributed by atoms with E-state index >= 15 is 0 Å². The van der Waals surface area contributed by atoms with Crippen molar-refractivity contribution in [2.45, 2.75) is 20.3 Å². The van der Waals surface area contributed by atoms with Crippen molar-refractivity contribution >= 4 is 22.6 Å². The van der Waals surface area contributed by atoms with E-state index in [0.29, 0.717) is 28.1 Å². The first kappa shape index (κ1) is 15.0. The van der Waals surface area contributed by atoms with Crippen molar-refractivity contribution in [1.29, 1.82) is 0 Å². The van der Waals surface area contributed by atoms with Gasteiger partial charge in [0.25, 0.3) is 11.8 Å². The lowest BCUT2D eigenvalue weighted by atomic mass is 10.1. The van der Waals surface area contributed by atoms with Gasteiger partial charge >= 0.3 is 0 Å². The minimum Gasteiger partial charge on any atom is -0.478 e. The maximum absolute atomic E-state index is 12.6. The minimum atomic E-state index is -0.247. The molecule has 6 nitrogen and oxygen atoms in total. The second-order valence-corrected chi connectivity index (χ2v) is 5.13. The van der Waals surface area contributed by atoms with E-state index in [4.69, 9.17) is 9.15 Å². The van der Waals surface area contributed by atoms with Crippen LogP contribution in [0.5, 0.6) is 5.88 Å². The standard InChI is InChI=1S/C17H17N3O3/c1-4-11-7-12-13(9-19-17(22-3)15(12)23-11)16(21)20-14-5-6-18-8-10(14)2/h5-9H,4H2,1-3H3,(H,18,20,21). The van der Waals surface area contributed by atoms with E-state index in [0.717, 1.165) is 17.7 Å². The third kappa shape index (κ3) is 2.75. The molecule has 6 heteroatoms. The largest absolute Gasteiger partial charge is 0.478 e. The normalized spacial score (nSPS) is 10.7. The van der Waals surface area contributed by atoms with Crippen molar-refractivity contribution in [2.75, 3.05) is 12.4 Å². The fraction of sp³-hybridized carbons (Fsp3) is 0.235. The Morgan fingerprint density at radius 1 is 1.39 bits per heavy atom. The highest BCUT2D eigenvalue weighted by atomic mass is 16.5. The van der Waals surface area contributed by atoms with Crippen LogP contribution in [0.4, 0.5) is 5.69 Å². The molecule has 0 aliphatic carbocycles. The fourth-order valence-electron chi connectivity index (χ4n) is 2.36. The second kappa shape index (κ2) is 6.08. The fourth-order valence-corrected chi connectivity index (χ4v) is 2.36. The summed E-state index contributed by atoms with van der Waals surface area (Å²) >= 11 is 0. The van der Waals surface area contributed by atoms with Gasteiger partial charge in [-0.15, -0.1) is 0 Å². The Morgan fingerprint density at radius 2 is 2.22 bits per heavy atom. The first-order valence-electron chi connectivity index (χ1n) is 7.31. The third-order valence-corrected chi connectivity index (χ3v) is 3.63. The lowest BCUT2D eigenvalue weighted by Crippen LogP contribution is -2.13. The van der Waals surface area contributed by atoms with E-state index < -0.39 is 0 Å². The highest BCUT2D eigenvalue weighted by Crippen LogP contribution is 2.30. The zero-order valence-electron chi connectivity index (χ0n) is 13.2. The van der Waals surface area contributed by atoms with Crippen molar-refractivity contribution in [2.24, 2.45) is 0 Å². The van der Waals surface area contributed by atoms with Gasteiger partial charge in [0.05, 0.1) is 12.7 Å². The molecule has 23 heavy (non-hydrogen) atoms. The molecule has 0 aliphatic heterocycles. The molecule has 3 heterocycles. The van der Waals surface area contributed by atoms with Crippen molar-refractivity contribution in [3.8, 4) is 5.88 Å². The highest BCUT2D eigenvalue weighted by molar-refractivity contribution is 6.12. The Bertz CT molecular complexity index is 871. The van der Waals surface area contributed by atoms with Gasteiger partial charge in [-0.3, -0.25) is 9.78 Å². The van der Waals surface area contributed by atoms with Crippen LogP contribution in [0.3, 0.4) is 0 Å². The van der Waals surface area contributed by atoms with Gasteiger partial charge in [0.1, 0.15) is 5.76 Å². The lowest BCUT2D eigenvalue weighted by molar-refractivity contribution is 0.102. The number of methoxy groups -OCH3 is 1. The first-order chi connectivity index (χ1) is 11.1. The SMILES string of the molecule is CCc1cc2c(C(=O)Nc3ccncc3C)cnc(OC)c2o1. The summed E-state index contributed by atoms with van der Waals surface area (Å²) in [6.07, 6.45) is 5.56. The zero-order chi connectivity index (χ0) is 16.4. The number of amides is 1. The quantitative estimate of drug-likeness (QED) is 0.799. The van der Waals surface area contributed by atoms with Crippen LogP contribution < -0.4 is 10.1 Å². The van der Waals surface area contributed by atoms with Gasteiger partial charge in [0.2, 0.25) is 0 Å². The number of nitrogens with one attached hydrogen (secondary N) is 1. The Kier molecular flexibility index (Phi) is 3.97. The Hall–Kier alpha value is -2.89. The summed E-state index contributed by atoms with van der Waals surface area (Å²) in [5.74, 6) is 0.902. The molecule has 0 fully saturated rings. The van der Waals surface area contributed by atoms with Crippen molar-refractivity contribution in [1.82, 2.24) is 9.97 Å². The van der Waals surface area contributed by atoms with E-state index in [1.165, 1.54) is 13.3 Å².